The Morgan fingerprint density at radius 1 is 1.10 bits per heavy atom. The van der Waals surface area contributed by atoms with E-state index < -0.39 is 0 Å². The van der Waals surface area contributed by atoms with Crippen molar-refractivity contribution in [3.63, 3.8) is 0 Å². The average molecular weight is 270 g/mol. The summed E-state index contributed by atoms with van der Waals surface area (Å²) in [5.74, 6) is 1.95. The molecule has 0 amide bonds. The highest BCUT2D eigenvalue weighted by Gasteiger charge is 2.36. The molecule has 3 aliphatic rings. The molecule has 108 valence electrons. The maximum atomic E-state index is 3.69. The predicted octanol–water partition coefficient (Wildman–Crippen LogP) is 3.48. The normalized spacial score (nSPS) is 28.9. The van der Waals surface area contributed by atoms with Crippen molar-refractivity contribution in [2.45, 2.75) is 51.6 Å². The SMILES string of the molecule is Cc1ccc(N2CC3CCCC3C2)c(CNC2CC2)c1. The third-order valence-electron chi connectivity index (χ3n) is 5.46. The molecule has 1 aromatic rings. The Balaban J connectivity index is 1.53. The number of anilines is 1. The molecule has 2 atom stereocenters. The van der Waals surface area contributed by atoms with Gasteiger partial charge < -0.3 is 10.2 Å². The molecule has 3 fully saturated rings. The minimum atomic E-state index is 0.793. The lowest BCUT2D eigenvalue weighted by Gasteiger charge is -2.23. The summed E-state index contributed by atoms with van der Waals surface area (Å²) in [6, 6.07) is 7.82. The van der Waals surface area contributed by atoms with Crippen molar-refractivity contribution in [2.24, 2.45) is 11.8 Å². The second-order valence-corrected chi connectivity index (χ2v) is 7.14. The average Bonchev–Trinajstić information content (AvgIpc) is 3.02. The second-order valence-electron chi connectivity index (χ2n) is 7.14. The van der Waals surface area contributed by atoms with Gasteiger partial charge in [0.15, 0.2) is 0 Å². The third-order valence-corrected chi connectivity index (χ3v) is 5.46. The van der Waals surface area contributed by atoms with Crippen molar-refractivity contribution >= 4 is 5.69 Å². The molecule has 0 aromatic heterocycles. The Hall–Kier alpha value is -1.02. The molecule has 0 radical (unpaired) electrons. The summed E-state index contributed by atoms with van der Waals surface area (Å²) in [4.78, 5) is 2.66. The Morgan fingerprint density at radius 2 is 1.85 bits per heavy atom. The Kier molecular flexibility index (Phi) is 3.22. The van der Waals surface area contributed by atoms with Crippen LogP contribution in [0.2, 0.25) is 0 Å². The number of hydrogen-bond acceptors (Lipinski definition) is 2. The summed E-state index contributed by atoms with van der Waals surface area (Å²) in [7, 11) is 0. The van der Waals surface area contributed by atoms with E-state index in [1.165, 1.54) is 62.0 Å². The Bertz CT molecular complexity index is 480. The van der Waals surface area contributed by atoms with Crippen LogP contribution in [-0.4, -0.2) is 19.1 Å². The highest BCUT2D eigenvalue weighted by Crippen LogP contribution is 2.40. The van der Waals surface area contributed by atoms with Crippen molar-refractivity contribution in [2.75, 3.05) is 18.0 Å². The van der Waals surface area contributed by atoms with Crippen LogP contribution in [0.5, 0.6) is 0 Å². The van der Waals surface area contributed by atoms with Crippen molar-refractivity contribution < 1.29 is 0 Å². The van der Waals surface area contributed by atoms with Gasteiger partial charge in [-0.15, -0.1) is 0 Å². The minimum Gasteiger partial charge on any atom is -0.371 e. The first-order chi connectivity index (χ1) is 9.79. The maximum absolute atomic E-state index is 3.69. The second kappa shape index (κ2) is 5.07. The number of rotatable bonds is 4. The number of fused-ring (bicyclic) bond motifs is 1. The van der Waals surface area contributed by atoms with Gasteiger partial charge in [0.05, 0.1) is 0 Å². The monoisotopic (exact) mass is 270 g/mol. The first-order valence-corrected chi connectivity index (χ1v) is 8.37. The van der Waals surface area contributed by atoms with Crippen molar-refractivity contribution in [1.82, 2.24) is 5.32 Å². The van der Waals surface area contributed by atoms with E-state index >= 15 is 0 Å². The molecule has 20 heavy (non-hydrogen) atoms. The van der Waals surface area contributed by atoms with Gasteiger partial charge in [0.2, 0.25) is 0 Å². The fourth-order valence-corrected chi connectivity index (χ4v) is 4.14. The van der Waals surface area contributed by atoms with Crippen LogP contribution >= 0.6 is 0 Å². The van der Waals surface area contributed by atoms with Gasteiger partial charge in [-0.25, -0.2) is 0 Å². The molecule has 1 aliphatic heterocycles. The molecule has 2 nitrogen and oxygen atoms in total. The van der Waals surface area contributed by atoms with Crippen LogP contribution in [0.1, 0.15) is 43.2 Å². The van der Waals surface area contributed by atoms with E-state index in [4.69, 9.17) is 0 Å². The standard InChI is InChI=1S/C18H26N2/c1-13-5-8-18(16(9-13)10-19-17-6-7-17)20-11-14-3-2-4-15(14)12-20/h5,8-9,14-15,17,19H,2-4,6-7,10-12H2,1H3. The zero-order valence-electron chi connectivity index (χ0n) is 12.6. The van der Waals surface area contributed by atoms with E-state index in [1.807, 2.05) is 0 Å². The van der Waals surface area contributed by atoms with Gasteiger partial charge in [-0.05, 0) is 56.1 Å². The first-order valence-electron chi connectivity index (χ1n) is 8.37. The van der Waals surface area contributed by atoms with E-state index in [1.54, 1.807) is 0 Å². The van der Waals surface area contributed by atoms with E-state index in [2.05, 4.69) is 35.3 Å². The molecule has 1 N–H and O–H groups in total. The lowest BCUT2D eigenvalue weighted by molar-refractivity contribution is 0.494. The van der Waals surface area contributed by atoms with Crippen LogP contribution in [0.3, 0.4) is 0 Å². The van der Waals surface area contributed by atoms with Crippen LogP contribution in [0, 0.1) is 18.8 Å². The summed E-state index contributed by atoms with van der Waals surface area (Å²) in [6.45, 7) is 5.85. The summed E-state index contributed by atoms with van der Waals surface area (Å²) in [6.07, 6.45) is 7.13. The van der Waals surface area contributed by atoms with E-state index in [0.717, 1.165) is 24.4 Å². The molecule has 1 aromatic carbocycles. The highest BCUT2D eigenvalue weighted by molar-refractivity contribution is 5.56. The van der Waals surface area contributed by atoms with Gasteiger partial charge in [-0.3, -0.25) is 0 Å². The highest BCUT2D eigenvalue weighted by atomic mass is 15.2. The molecule has 2 aliphatic carbocycles. The molecule has 2 saturated carbocycles. The molecule has 4 rings (SSSR count). The van der Waals surface area contributed by atoms with Crippen molar-refractivity contribution in [1.29, 1.82) is 0 Å². The minimum absolute atomic E-state index is 0.793. The number of hydrogen-bond donors (Lipinski definition) is 1. The Morgan fingerprint density at radius 3 is 2.55 bits per heavy atom. The number of benzene rings is 1. The fourth-order valence-electron chi connectivity index (χ4n) is 4.14. The van der Waals surface area contributed by atoms with E-state index in [9.17, 15) is 0 Å². The molecular weight excluding hydrogens is 244 g/mol. The molecule has 1 saturated heterocycles. The lowest BCUT2D eigenvalue weighted by Crippen LogP contribution is -2.24. The summed E-state index contributed by atoms with van der Waals surface area (Å²) >= 11 is 0. The van der Waals surface area contributed by atoms with Crippen molar-refractivity contribution in [3.8, 4) is 0 Å². The Labute approximate surface area is 122 Å². The van der Waals surface area contributed by atoms with Gasteiger partial charge in [-0.2, -0.15) is 0 Å². The third kappa shape index (κ3) is 2.46. The van der Waals surface area contributed by atoms with Gasteiger partial charge in [-0.1, -0.05) is 24.1 Å². The lowest BCUT2D eigenvalue weighted by atomic mass is 10.0. The smallest absolute Gasteiger partial charge is 0.0412 e. The fraction of sp³-hybridized carbons (Fsp3) is 0.667. The van der Waals surface area contributed by atoms with Crippen molar-refractivity contribution in [3.05, 3.63) is 29.3 Å². The van der Waals surface area contributed by atoms with Gasteiger partial charge in [0, 0.05) is 31.4 Å². The van der Waals surface area contributed by atoms with E-state index in [0.29, 0.717) is 0 Å². The van der Waals surface area contributed by atoms with Crippen LogP contribution in [-0.2, 0) is 6.54 Å². The zero-order chi connectivity index (χ0) is 13.5. The molecule has 0 spiro atoms. The van der Waals surface area contributed by atoms with Crippen LogP contribution in [0.25, 0.3) is 0 Å². The molecule has 2 heteroatoms. The van der Waals surface area contributed by atoms with Crippen LogP contribution in [0.4, 0.5) is 5.69 Å². The summed E-state index contributed by atoms with van der Waals surface area (Å²) in [5, 5.41) is 3.69. The summed E-state index contributed by atoms with van der Waals surface area (Å²) < 4.78 is 0. The van der Waals surface area contributed by atoms with E-state index in [-0.39, 0.29) is 0 Å². The molecule has 1 heterocycles. The molecule has 0 bridgehead atoms. The quantitative estimate of drug-likeness (QED) is 0.901. The predicted molar refractivity (Wildman–Crippen MR) is 84.1 cm³/mol. The number of nitrogens with one attached hydrogen (secondary N) is 1. The van der Waals surface area contributed by atoms with Gasteiger partial charge in [0.1, 0.15) is 0 Å². The largest absolute Gasteiger partial charge is 0.371 e. The number of nitrogens with zero attached hydrogens (tertiary/aromatic N) is 1. The number of aryl methyl sites for hydroxylation is 1. The summed E-state index contributed by atoms with van der Waals surface area (Å²) in [5.41, 5.74) is 4.40. The first kappa shape index (κ1) is 12.7. The zero-order valence-corrected chi connectivity index (χ0v) is 12.6. The van der Waals surface area contributed by atoms with Gasteiger partial charge in [0.25, 0.3) is 0 Å². The van der Waals surface area contributed by atoms with Crippen LogP contribution < -0.4 is 10.2 Å². The topological polar surface area (TPSA) is 15.3 Å². The maximum Gasteiger partial charge on any atom is 0.0412 e. The van der Waals surface area contributed by atoms with Gasteiger partial charge >= 0.3 is 0 Å². The molecular formula is C18H26N2. The van der Waals surface area contributed by atoms with Crippen LogP contribution in [0.15, 0.2) is 18.2 Å². The molecule has 2 unspecified atom stereocenters.